The standard InChI is InChI=1S/C9H9ClFN/c10-8-2-1-6-3-4-12-5-7(6)9(8)11/h1-2,12H,3-5H2. The molecular weight excluding hydrogens is 177 g/mol. The van der Waals surface area contributed by atoms with Crippen molar-refractivity contribution in [3.8, 4) is 0 Å². The van der Waals surface area contributed by atoms with Crippen LogP contribution in [0.1, 0.15) is 11.1 Å². The van der Waals surface area contributed by atoms with Gasteiger partial charge in [0.25, 0.3) is 0 Å². The van der Waals surface area contributed by atoms with E-state index >= 15 is 0 Å². The van der Waals surface area contributed by atoms with Crippen LogP contribution in [0.5, 0.6) is 0 Å². The fourth-order valence-electron chi connectivity index (χ4n) is 1.49. The van der Waals surface area contributed by atoms with Crippen molar-refractivity contribution in [2.24, 2.45) is 0 Å². The third-order valence-corrected chi connectivity index (χ3v) is 2.46. The van der Waals surface area contributed by atoms with Crippen LogP contribution in [0.3, 0.4) is 0 Å². The Kier molecular flexibility index (Phi) is 2.03. The number of rotatable bonds is 0. The fourth-order valence-corrected chi connectivity index (χ4v) is 1.67. The molecule has 0 fully saturated rings. The van der Waals surface area contributed by atoms with Gasteiger partial charge in [-0.25, -0.2) is 4.39 Å². The molecule has 0 bridgehead atoms. The zero-order valence-electron chi connectivity index (χ0n) is 6.53. The summed E-state index contributed by atoms with van der Waals surface area (Å²) in [7, 11) is 0. The van der Waals surface area contributed by atoms with E-state index in [1.165, 1.54) is 0 Å². The Morgan fingerprint density at radius 1 is 1.42 bits per heavy atom. The van der Waals surface area contributed by atoms with Crippen LogP contribution in [0.15, 0.2) is 12.1 Å². The van der Waals surface area contributed by atoms with Gasteiger partial charge in [0.15, 0.2) is 0 Å². The fraction of sp³-hybridized carbons (Fsp3) is 0.333. The molecule has 0 saturated heterocycles. The predicted octanol–water partition coefficient (Wildman–Crippen LogP) is 2.12. The van der Waals surface area contributed by atoms with Gasteiger partial charge in [-0.05, 0) is 24.6 Å². The van der Waals surface area contributed by atoms with Crippen molar-refractivity contribution in [1.82, 2.24) is 5.32 Å². The molecule has 1 aromatic carbocycles. The van der Waals surface area contributed by atoms with E-state index in [0.29, 0.717) is 6.54 Å². The van der Waals surface area contributed by atoms with Gasteiger partial charge in [0.1, 0.15) is 5.82 Å². The van der Waals surface area contributed by atoms with Gasteiger partial charge >= 0.3 is 0 Å². The number of hydrogen-bond acceptors (Lipinski definition) is 1. The third kappa shape index (κ3) is 1.21. The van der Waals surface area contributed by atoms with Crippen LogP contribution in [-0.4, -0.2) is 6.54 Å². The molecule has 0 spiro atoms. The van der Waals surface area contributed by atoms with Crippen LogP contribution in [0.2, 0.25) is 5.02 Å². The summed E-state index contributed by atoms with van der Waals surface area (Å²) in [6, 6.07) is 3.53. The second-order valence-corrected chi connectivity index (χ2v) is 3.33. The molecule has 3 heteroatoms. The van der Waals surface area contributed by atoms with E-state index < -0.39 is 0 Å². The molecule has 0 unspecified atom stereocenters. The van der Waals surface area contributed by atoms with Crippen molar-refractivity contribution < 1.29 is 4.39 Å². The van der Waals surface area contributed by atoms with Gasteiger partial charge in [-0.2, -0.15) is 0 Å². The van der Waals surface area contributed by atoms with Gasteiger partial charge < -0.3 is 5.32 Å². The maximum atomic E-state index is 13.3. The zero-order valence-corrected chi connectivity index (χ0v) is 7.29. The lowest BCUT2D eigenvalue weighted by Crippen LogP contribution is -2.24. The van der Waals surface area contributed by atoms with Crippen molar-refractivity contribution in [2.75, 3.05) is 6.54 Å². The average Bonchev–Trinajstić information content (AvgIpc) is 2.12. The Morgan fingerprint density at radius 2 is 2.25 bits per heavy atom. The molecular formula is C9H9ClFN. The normalized spacial score (nSPS) is 15.8. The molecule has 0 atom stereocenters. The molecule has 2 rings (SSSR count). The quantitative estimate of drug-likeness (QED) is 0.653. The molecule has 1 aliphatic heterocycles. The van der Waals surface area contributed by atoms with Crippen LogP contribution in [-0.2, 0) is 13.0 Å². The Balaban J connectivity index is 2.54. The molecule has 0 radical (unpaired) electrons. The molecule has 1 heterocycles. The molecule has 1 nitrogen and oxygen atoms in total. The number of nitrogens with one attached hydrogen (secondary N) is 1. The van der Waals surface area contributed by atoms with Gasteiger partial charge in [0.05, 0.1) is 5.02 Å². The molecule has 0 aromatic heterocycles. The summed E-state index contributed by atoms with van der Waals surface area (Å²) in [5.74, 6) is -0.263. The largest absolute Gasteiger partial charge is 0.312 e. The van der Waals surface area contributed by atoms with Crippen LogP contribution in [0, 0.1) is 5.82 Å². The topological polar surface area (TPSA) is 12.0 Å². The first-order chi connectivity index (χ1) is 5.79. The minimum Gasteiger partial charge on any atom is -0.312 e. The van der Waals surface area contributed by atoms with Crippen LogP contribution in [0.4, 0.5) is 4.39 Å². The highest BCUT2D eigenvalue weighted by Gasteiger charge is 2.14. The smallest absolute Gasteiger partial charge is 0.146 e. The van der Waals surface area contributed by atoms with E-state index in [0.717, 1.165) is 24.1 Å². The van der Waals surface area contributed by atoms with Crippen molar-refractivity contribution >= 4 is 11.6 Å². The highest BCUT2D eigenvalue weighted by atomic mass is 35.5. The molecule has 0 amide bonds. The maximum Gasteiger partial charge on any atom is 0.146 e. The molecule has 1 aliphatic rings. The first-order valence-electron chi connectivity index (χ1n) is 3.95. The molecule has 64 valence electrons. The zero-order chi connectivity index (χ0) is 8.55. The van der Waals surface area contributed by atoms with Crippen molar-refractivity contribution in [3.05, 3.63) is 34.1 Å². The van der Waals surface area contributed by atoms with Gasteiger partial charge in [0, 0.05) is 12.1 Å². The number of halogens is 2. The number of fused-ring (bicyclic) bond motifs is 1. The second kappa shape index (κ2) is 3.04. The Bertz CT molecular complexity index is 312. The van der Waals surface area contributed by atoms with E-state index in [1.807, 2.05) is 6.07 Å². The van der Waals surface area contributed by atoms with Crippen LogP contribution < -0.4 is 5.32 Å². The lowest BCUT2D eigenvalue weighted by atomic mass is 10.0. The van der Waals surface area contributed by atoms with Crippen molar-refractivity contribution in [2.45, 2.75) is 13.0 Å². The van der Waals surface area contributed by atoms with Gasteiger partial charge in [-0.1, -0.05) is 17.7 Å². The molecule has 1 aromatic rings. The highest BCUT2D eigenvalue weighted by Crippen LogP contribution is 2.23. The third-order valence-electron chi connectivity index (χ3n) is 2.17. The van der Waals surface area contributed by atoms with Gasteiger partial charge in [0.2, 0.25) is 0 Å². The van der Waals surface area contributed by atoms with E-state index in [9.17, 15) is 4.39 Å². The second-order valence-electron chi connectivity index (χ2n) is 2.93. The van der Waals surface area contributed by atoms with E-state index in [-0.39, 0.29) is 10.8 Å². The summed E-state index contributed by atoms with van der Waals surface area (Å²) < 4.78 is 13.3. The van der Waals surface area contributed by atoms with Crippen molar-refractivity contribution in [3.63, 3.8) is 0 Å². The van der Waals surface area contributed by atoms with Crippen LogP contribution in [0.25, 0.3) is 0 Å². The van der Waals surface area contributed by atoms with Gasteiger partial charge in [-0.15, -0.1) is 0 Å². The summed E-state index contributed by atoms with van der Waals surface area (Å²) in [5, 5.41) is 3.33. The molecule has 0 aliphatic carbocycles. The van der Waals surface area contributed by atoms with E-state index in [1.54, 1.807) is 6.07 Å². The predicted molar refractivity (Wildman–Crippen MR) is 46.8 cm³/mol. The summed E-state index contributed by atoms with van der Waals surface area (Å²) in [6.07, 6.45) is 0.892. The van der Waals surface area contributed by atoms with E-state index in [4.69, 9.17) is 11.6 Å². The lowest BCUT2D eigenvalue weighted by Gasteiger charge is -2.17. The minimum atomic E-state index is -0.263. The Hall–Kier alpha value is -0.600. The molecule has 12 heavy (non-hydrogen) atoms. The molecule has 0 saturated carbocycles. The van der Waals surface area contributed by atoms with E-state index in [2.05, 4.69) is 5.32 Å². The summed E-state index contributed by atoms with van der Waals surface area (Å²) in [4.78, 5) is 0. The summed E-state index contributed by atoms with van der Waals surface area (Å²) in [5.41, 5.74) is 1.81. The van der Waals surface area contributed by atoms with Crippen molar-refractivity contribution in [1.29, 1.82) is 0 Å². The Morgan fingerprint density at radius 3 is 3.08 bits per heavy atom. The molecule has 1 N–H and O–H groups in total. The lowest BCUT2D eigenvalue weighted by molar-refractivity contribution is 0.563. The summed E-state index contributed by atoms with van der Waals surface area (Å²) in [6.45, 7) is 1.52. The van der Waals surface area contributed by atoms with Crippen LogP contribution >= 0.6 is 11.6 Å². The maximum absolute atomic E-state index is 13.3. The highest BCUT2D eigenvalue weighted by molar-refractivity contribution is 6.30. The average molecular weight is 186 g/mol. The number of benzene rings is 1. The monoisotopic (exact) mass is 185 g/mol. The minimum absolute atomic E-state index is 0.220. The first-order valence-corrected chi connectivity index (χ1v) is 4.33. The Labute approximate surface area is 75.5 Å². The first kappa shape index (κ1) is 8.02. The number of hydrogen-bond donors (Lipinski definition) is 1. The van der Waals surface area contributed by atoms with Gasteiger partial charge in [-0.3, -0.25) is 0 Å². The SMILES string of the molecule is Fc1c(Cl)ccc2c1CNCC2. The summed E-state index contributed by atoms with van der Waals surface area (Å²) >= 11 is 5.64.